The van der Waals surface area contributed by atoms with Crippen molar-refractivity contribution in [3.05, 3.63) is 12.3 Å². The number of rotatable bonds is 2. The molecule has 0 aliphatic carbocycles. The molecule has 0 bridgehead atoms. The maximum atomic E-state index is 4.11. The van der Waals surface area contributed by atoms with Crippen molar-refractivity contribution >= 4 is 11.9 Å². The van der Waals surface area contributed by atoms with E-state index in [-0.39, 0.29) is 0 Å². The average molecular weight is 183 g/mol. The summed E-state index contributed by atoms with van der Waals surface area (Å²) >= 11 is 1.76. The Hall–Kier alpha value is -0.480. The molecule has 1 fully saturated rings. The van der Waals surface area contributed by atoms with Gasteiger partial charge in [-0.3, -0.25) is 5.10 Å². The quantitative estimate of drug-likeness (QED) is 0.711. The van der Waals surface area contributed by atoms with Crippen LogP contribution >= 0.6 is 11.9 Å². The molecule has 1 aliphatic rings. The Balaban J connectivity index is 1.86. The zero-order valence-electron chi connectivity index (χ0n) is 6.99. The van der Waals surface area contributed by atoms with Crippen LogP contribution in [0.5, 0.6) is 0 Å². The summed E-state index contributed by atoms with van der Waals surface area (Å²) in [5.74, 6) is 0. The number of nitrogens with one attached hydrogen (secondary N) is 1. The summed E-state index contributed by atoms with van der Waals surface area (Å²) in [5.41, 5.74) is 0. The van der Waals surface area contributed by atoms with Crippen LogP contribution in [-0.4, -0.2) is 27.6 Å². The van der Waals surface area contributed by atoms with E-state index in [1.165, 1.54) is 32.4 Å². The van der Waals surface area contributed by atoms with Gasteiger partial charge in [0.05, 0.1) is 0 Å². The molecule has 2 rings (SSSR count). The maximum Gasteiger partial charge on any atom is 0.133 e. The van der Waals surface area contributed by atoms with Gasteiger partial charge >= 0.3 is 0 Å². The Morgan fingerprint density at radius 1 is 1.33 bits per heavy atom. The van der Waals surface area contributed by atoms with Crippen molar-refractivity contribution < 1.29 is 0 Å². The van der Waals surface area contributed by atoms with Crippen molar-refractivity contribution in [2.24, 2.45) is 0 Å². The molecule has 0 saturated carbocycles. The molecule has 3 nitrogen and oxygen atoms in total. The molecule has 2 heterocycles. The Labute approximate surface area is 76.7 Å². The van der Waals surface area contributed by atoms with Gasteiger partial charge in [-0.2, -0.15) is 5.10 Å². The minimum atomic E-state index is 1.08. The van der Waals surface area contributed by atoms with E-state index in [0.717, 1.165) is 5.03 Å². The summed E-state index contributed by atoms with van der Waals surface area (Å²) in [6.07, 6.45) is 5.92. The van der Waals surface area contributed by atoms with Crippen LogP contribution in [0.3, 0.4) is 0 Å². The highest BCUT2D eigenvalue weighted by Crippen LogP contribution is 2.23. The van der Waals surface area contributed by atoms with Gasteiger partial charge in [-0.25, -0.2) is 4.31 Å². The molecule has 12 heavy (non-hydrogen) atoms. The van der Waals surface area contributed by atoms with Crippen molar-refractivity contribution in [3.63, 3.8) is 0 Å². The molecule has 0 amide bonds. The summed E-state index contributed by atoms with van der Waals surface area (Å²) in [4.78, 5) is 0. The molecule has 1 aromatic heterocycles. The lowest BCUT2D eigenvalue weighted by Gasteiger charge is -2.23. The van der Waals surface area contributed by atoms with Crippen LogP contribution in [0.25, 0.3) is 0 Å². The number of piperidine rings is 1. The summed E-state index contributed by atoms with van der Waals surface area (Å²) in [7, 11) is 0. The van der Waals surface area contributed by atoms with Crippen LogP contribution < -0.4 is 0 Å². The lowest BCUT2D eigenvalue weighted by Crippen LogP contribution is -2.22. The molecule has 0 spiro atoms. The third kappa shape index (κ3) is 2.01. The predicted octanol–water partition coefficient (Wildman–Crippen LogP) is 1.90. The van der Waals surface area contributed by atoms with Gasteiger partial charge in [0.25, 0.3) is 0 Å². The van der Waals surface area contributed by atoms with E-state index in [9.17, 15) is 0 Å². The van der Waals surface area contributed by atoms with E-state index in [4.69, 9.17) is 0 Å². The van der Waals surface area contributed by atoms with E-state index in [1.807, 2.05) is 12.3 Å². The number of H-pyrrole nitrogens is 1. The molecule has 0 unspecified atom stereocenters. The van der Waals surface area contributed by atoms with Crippen LogP contribution in [0, 0.1) is 0 Å². The molecular weight excluding hydrogens is 170 g/mol. The molecule has 1 saturated heterocycles. The summed E-state index contributed by atoms with van der Waals surface area (Å²) in [6, 6.07) is 2.01. The van der Waals surface area contributed by atoms with E-state index in [2.05, 4.69) is 14.5 Å². The van der Waals surface area contributed by atoms with Gasteiger partial charge in [-0.05, 0) is 30.9 Å². The largest absolute Gasteiger partial charge is 0.285 e. The number of hydrogen-bond acceptors (Lipinski definition) is 3. The first-order valence-electron chi connectivity index (χ1n) is 4.38. The van der Waals surface area contributed by atoms with Crippen LogP contribution in [0.4, 0.5) is 0 Å². The van der Waals surface area contributed by atoms with Crippen molar-refractivity contribution in [2.45, 2.75) is 24.3 Å². The van der Waals surface area contributed by atoms with E-state index in [0.29, 0.717) is 0 Å². The second-order valence-electron chi connectivity index (χ2n) is 2.99. The third-order valence-corrected chi connectivity index (χ3v) is 3.05. The van der Waals surface area contributed by atoms with E-state index in [1.54, 1.807) is 11.9 Å². The first-order chi connectivity index (χ1) is 5.95. The monoisotopic (exact) mass is 183 g/mol. The number of aromatic amines is 1. The minimum absolute atomic E-state index is 1.08. The standard InChI is InChI=1S/C8H13N3S/c1-2-6-11(7-3-1)12-8-4-5-9-10-8/h4-5H,1-3,6-7H2,(H,9,10). The van der Waals surface area contributed by atoms with Crippen molar-refractivity contribution in [3.8, 4) is 0 Å². The molecule has 0 atom stereocenters. The fourth-order valence-electron chi connectivity index (χ4n) is 1.39. The molecule has 0 aromatic carbocycles. The Morgan fingerprint density at radius 2 is 2.17 bits per heavy atom. The lowest BCUT2D eigenvalue weighted by atomic mass is 10.2. The van der Waals surface area contributed by atoms with E-state index < -0.39 is 0 Å². The second kappa shape index (κ2) is 3.96. The first-order valence-corrected chi connectivity index (χ1v) is 5.15. The van der Waals surface area contributed by atoms with Crippen molar-refractivity contribution in [1.82, 2.24) is 14.5 Å². The maximum absolute atomic E-state index is 4.11. The Morgan fingerprint density at radius 3 is 2.83 bits per heavy atom. The third-order valence-electron chi connectivity index (χ3n) is 2.01. The molecule has 66 valence electrons. The fourth-order valence-corrected chi connectivity index (χ4v) is 2.31. The van der Waals surface area contributed by atoms with Crippen LogP contribution in [0.15, 0.2) is 17.3 Å². The number of hydrogen-bond donors (Lipinski definition) is 1. The molecular formula is C8H13N3S. The fraction of sp³-hybridized carbons (Fsp3) is 0.625. The van der Waals surface area contributed by atoms with Crippen molar-refractivity contribution in [1.29, 1.82) is 0 Å². The highest BCUT2D eigenvalue weighted by atomic mass is 32.2. The van der Waals surface area contributed by atoms with E-state index >= 15 is 0 Å². The van der Waals surface area contributed by atoms with Crippen molar-refractivity contribution in [2.75, 3.05) is 13.1 Å². The Bertz CT molecular complexity index is 216. The Kier molecular flexibility index (Phi) is 2.68. The normalized spacial score (nSPS) is 19.7. The van der Waals surface area contributed by atoms with Gasteiger partial charge in [0, 0.05) is 19.3 Å². The highest BCUT2D eigenvalue weighted by molar-refractivity contribution is 7.97. The first kappa shape index (κ1) is 8.13. The molecule has 4 heteroatoms. The van der Waals surface area contributed by atoms with Gasteiger partial charge in [0.1, 0.15) is 5.03 Å². The zero-order valence-corrected chi connectivity index (χ0v) is 7.81. The molecule has 0 radical (unpaired) electrons. The topological polar surface area (TPSA) is 31.9 Å². The minimum Gasteiger partial charge on any atom is -0.285 e. The number of nitrogens with zero attached hydrogens (tertiary/aromatic N) is 2. The lowest BCUT2D eigenvalue weighted by molar-refractivity contribution is 0.380. The average Bonchev–Trinajstić information content (AvgIpc) is 2.59. The van der Waals surface area contributed by atoms with Gasteiger partial charge in [0.15, 0.2) is 0 Å². The second-order valence-corrected chi connectivity index (χ2v) is 4.11. The van der Waals surface area contributed by atoms with Gasteiger partial charge in [-0.15, -0.1) is 0 Å². The molecule has 1 aromatic rings. The van der Waals surface area contributed by atoms with Gasteiger partial charge in [-0.1, -0.05) is 6.42 Å². The number of aromatic nitrogens is 2. The highest BCUT2D eigenvalue weighted by Gasteiger charge is 2.11. The SMILES string of the molecule is c1cc(SN2CCCCC2)n[nH]1. The summed E-state index contributed by atoms with van der Waals surface area (Å²) in [6.45, 7) is 2.41. The van der Waals surface area contributed by atoms with Crippen LogP contribution in [-0.2, 0) is 0 Å². The predicted molar refractivity (Wildman–Crippen MR) is 49.9 cm³/mol. The van der Waals surface area contributed by atoms with Crippen LogP contribution in [0.1, 0.15) is 19.3 Å². The summed E-state index contributed by atoms with van der Waals surface area (Å²) in [5, 5.41) is 8.01. The molecule has 1 aliphatic heterocycles. The molecule has 1 N–H and O–H groups in total. The van der Waals surface area contributed by atoms with Gasteiger partial charge in [0.2, 0.25) is 0 Å². The zero-order chi connectivity index (χ0) is 8.23. The summed E-state index contributed by atoms with van der Waals surface area (Å²) < 4.78 is 2.39. The van der Waals surface area contributed by atoms with Gasteiger partial charge < -0.3 is 0 Å². The van der Waals surface area contributed by atoms with Crippen LogP contribution in [0.2, 0.25) is 0 Å². The smallest absolute Gasteiger partial charge is 0.133 e.